The third-order valence-electron chi connectivity index (χ3n) is 17.2. The van der Waals surface area contributed by atoms with Gasteiger partial charge in [0.2, 0.25) is 35.5 Å². The minimum absolute atomic E-state index is 0.0174. The highest BCUT2D eigenvalue weighted by Gasteiger charge is 2.50. The van der Waals surface area contributed by atoms with Crippen LogP contribution >= 0.6 is 40.4 Å². The highest BCUT2D eigenvalue weighted by Crippen LogP contribution is 2.57. The summed E-state index contributed by atoms with van der Waals surface area (Å²) in [6.45, 7) is 2.64. The second-order valence-corrected chi connectivity index (χ2v) is 29.0. The van der Waals surface area contributed by atoms with Gasteiger partial charge in [-0.1, -0.05) is 56.4 Å². The van der Waals surface area contributed by atoms with Crippen molar-refractivity contribution in [2.45, 2.75) is 127 Å². The number of thiol groups is 2. The molecule has 3 aromatic heterocycles. The van der Waals surface area contributed by atoms with Gasteiger partial charge in [-0.3, -0.25) is 67.2 Å². The summed E-state index contributed by atoms with van der Waals surface area (Å²) in [5, 5.41) is 25.0. The zero-order valence-corrected chi connectivity index (χ0v) is 64.1. The Balaban J connectivity index is 0.803. The van der Waals surface area contributed by atoms with E-state index < -0.39 is 135 Å². The van der Waals surface area contributed by atoms with Gasteiger partial charge < -0.3 is 78.4 Å². The van der Waals surface area contributed by atoms with Gasteiger partial charge in [0.15, 0.2) is 17.4 Å². The number of anilines is 2. The number of imide groups is 1. The van der Waals surface area contributed by atoms with Gasteiger partial charge in [0.05, 0.1) is 91.0 Å². The number of carbonyl (C=O) groups excluding carboxylic acids is 8. The Morgan fingerprint density at radius 2 is 1.52 bits per heavy atom. The fourth-order valence-corrected chi connectivity index (χ4v) is 13.5. The first-order valence-corrected chi connectivity index (χ1v) is 39.0. The number of hydrogen-bond donors (Lipinski definition) is 9. The van der Waals surface area contributed by atoms with E-state index in [1.54, 1.807) is 69.5 Å². The molecule has 41 heteroatoms. The number of nitrogens with zero attached hydrogens (tertiary/aromatic N) is 7. The van der Waals surface area contributed by atoms with Crippen LogP contribution in [-0.4, -0.2) is 240 Å². The maximum absolute atomic E-state index is 14.1. The Bertz CT molecular complexity index is 3980. The third-order valence-corrected chi connectivity index (χ3v) is 19.4. The monoisotopic (exact) mass is 1600 g/mol. The van der Waals surface area contributed by atoms with E-state index in [1.165, 1.54) is 60.5 Å². The summed E-state index contributed by atoms with van der Waals surface area (Å²) in [7, 11) is 2.44. The number of H-pyrrole nitrogens is 1. The second-order valence-electron chi connectivity index (χ2n) is 25.5. The van der Waals surface area contributed by atoms with Crippen molar-refractivity contribution < 1.29 is 109 Å². The molecule has 0 bridgehead atoms. The number of aliphatic hydroxyl groups is 1. The first-order chi connectivity index (χ1) is 52.4. The van der Waals surface area contributed by atoms with Gasteiger partial charge in [-0.2, -0.15) is 17.6 Å². The molecule has 2 fully saturated rings. The molecule has 3 aliphatic rings. The number of aromatic nitrogens is 6. The van der Waals surface area contributed by atoms with E-state index in [-0.39, 0.29) is 101 Å². The number of benzene rings is 2. The first kappa shape index (κ1) is 86.4. The molecule has 1 aliphatic carbocycles. The van der Waals surface area contributed by atoms with Gasteiger partial charge in [0.25, 0.3) is 23.3 Å². The van der Waals surface area contributed by atoms with Crippen molar-refractivity contribution in [1.82, 2.24) is 55.2 Å². The van der Waals surface area contributed by atoms with Crippen molar-refractivity contribution in [3.05, 3.63) is 113 Å². The molecule has 5 aromatic rings. The highest BCUT2D eigenvalue weighted by molar-refractivity contribution is 8.44. The molecule has 7 N–H and O–H groups in total. The minimum Gasteiger partial charge on any atom is -0.474 e. The van der Waals surface area contributed by atoms with Crippen LogP contribution in [0.1, 0.15) is 87.0 Å². The Labute approximate surface area is 639 Å². The zero-order chi connectivity index (χ0) is 78.4. The van der Waals surface area contributed by atoms with Gasteiger partial charge >= 0.3 is 21.6 Å². The van der Waals surface area contributed by atoms with Gasteiger partial charge in [-0.05, 0) is 67.9 Å². The molecule has 11 atom stereocenters. The average molecular weight is 1600 g/mol. The van der Waals surface area contributed by atoms with Gasteiger partial charge in [-0.25, -0.2) is 28.9 Å². The lowest BCUT2D eigenvalue weighted by Crippen LogP contribution is -2.57. The van der Waals surface area contributed by atoms with E-state index in [4.69, 9.17) is 56.2 Å². The van der Waals surface area contributed by atoms with Crippen LogP contribution in [0.5, 0.6) is 5.88 Å². The smallest absolute Gasteiger partial charge is 0.410 e. The fraction of sp³-hybridized carbons (Fsp3) is 0.544. The molecule has 37 nitrogen and oxygen atoms in total. The largest absolute Gasteiger partial charge is 0.474 e. The molecule has 8 amide bonds. The lowest BCUT2D eigenvalue weighted by molar-refractivity contribution is -0.137. The normalized spacial score (nSPS) is 19.7. The zero-order valence-electron chi connectivity index (χ0n) is 60.5. The Hall–Kier alpha value is -8.24. The maximum atomic E-state index is 14.1. The fourth-order valence-electron chi connectivity index (χ4n) is 11.5. The van der Waals surface area contributed by atoms with Gasteiger partial charge in [0.1, 0.15) is 55.5 Å². The van der Waals surface area contributed by atoms with Crippen LogP contribution in [0.25, 0.3) is 11.2 Å². The quantitative estimate of drug-likeness (QED) is 0.00864. The topological polar surface area (TPSA) is 458 Å². The van der Waals surface area contributed by atoms with E-state index in [9.17, 15) is 57.4 Å². The summed E-state index contributed by atoms with van der Waals surface area (Å²) < 4.78 is 93.9. The number of imidazole rings is 1. The Morgan fingerprint density at radius 3 is 2.19 bits per heavy atom. The van der Waals surface area contributed by atoms with E-state index in [2.05, 4.69) is 76.4 Å². The van der Waals surface area contributed by atoms with Crippen LogP contribution in [0.3, 0.4) is 0 Å². The maximum Gasteiger partial charge on any atom is 0.410 e. The number of fused-ring (bicyclic) bond motifs is 1. The Kier molecular flexibility index (Phi) is 34.8. The molecule has 1 unspecified atom stereocenters. The number of aromatic amines is 1. The average Bonchev–Trinajstić information content (AvgIpc) is 1.61. The van der Waals surface area contributed by atoms with Crippen molar-refractivity contribution in [2.24, 2.45) is 11.8 Å². The number of carbonyl (C=O) groups is 8. The number of rotatable bonds is 47. The van der Waals surface area contributed by atoms with Crippen LogP contribution in [-0.2, 0) is 103 Å². The molecule has 8 rings (SSSR count). The molecular weight excluding hydrogens is 1510 g/mol. The first-order valence-electron chi connectivity index (χ1n) is 34.9. The number of nitrogens with one attached hydrogen (secondary N) is 6. The van der Waals surface area contributed by atoms with Crippen LogP contribution in [0.4, 0.5) is 16.4 Å². The number of hydrogen-bond acceptors (Lipinski definition) is 29. The molecular formula is C68H91N13O24P2S2. The van der Waals surface area contributed by atoms with Crippen LogP contribution in [0.15, 0.2) is 90.4 Å². The standard InChI is InChI=1S/C68H91N13O24P2S2/c1-41(2)56(75-63(88)49(12-8-9-22-80-54(83)17-18-55(80)84)74-52(82)20-23-95-26-27-97-30-31-98-29-28-96-25-24-94-5)64(89)72-42(3)61(86)73-46-15-13-43(14-16-46)35-100-68(91)79(4)34-44-10-6-7-11-48(44)62(87)77-67-76-60-57(65(90)78-67)71-39-81(60)66-59(58(85)51(103-66)37-99-40-108)105-107(93,109)101-36-45-32-47(33-50(45)104-106-92)102-53-19-21-69-38-70-53/h6-7,10-11,13-19,21,38-39,41-42,45,47,49-51,56,58-59,66,85,108H,8-9,12,20,22-37,40H2,1-5H3,(H,72,89)(H,73,86)(H,74,82)(H,75,88)(H,93,109)(H2,76,77,78,87,90)/t42-,45+,47+,49-,50-,51+,56?,58+,59+,66+,107+/m0/s1. The lowest BCUT2D eigenvalue weighted by atomic mass is 10.0. The number of amides is 8. The third kappa shape index (κ3) is 26.8. The highest BCUT2D eigenvalue weighted by atomic mass is 32.7. The summed E-state index contributed by atoms with van der Waals surface area (Å²) in [5.74, 6) is -5.23. The van der Waals surface area contributed by atoms with Crippen LogP contribution < -0.4 is 36.9 Å². The molecule has 594 valence electrons. The molecule has 2 aliphatic heterocycles. The molecule has 0 spiro atoms. The summed E-state index contributed by atoms with van der Waals surface area (Å²) in [6.07, 6.45) is 0.0637. The van der Waals surface area contributed by atoms with Crippen molar-refractivity contribution in [3.8, 4) is 5.88 Å². The predicted octanol–water partition coefficient (Wildman–Crippen LogP) is 4.25. The summed E-state index contributed by atoms with van der Waals surface area (Å²) in [5.41, 5.74) is 0.116. The van der Waals surface area contributed by atoms with Crippen LogP contribution in [0, 0.1) is 11.8 Å². The number of ether oxygens (including phenoxy) is 9. The molecule has 109 heavy (non-hydrogen) atoms. The number of aliphatic hydroxyl groups excluding tert-OH is 1. The van der Waals surface area contributed by atoms with Crippen molar-refractivity contribution >= 4 is 111 Å². The molecule has 2 aromatic carbocycles. The SMILES string of the molecule is COCCOCCOCCOCCOCCC(=O)N[C@@H](CCCCN1C(=O)C=CC1=O)C(=O)NC(C(=O)N[C@@H](C)C(=O)Nc1ccc(COC(=O)N(C)Cc2ccccc2C(=O)Nc2nc3c(ncn3[C@@H]3O[C@H](COCS)[C@@H](O)[C@H]3O[P@](=O)(S)OC[C@H]3C[C@@H](Oc4ccncn4)C[C@@H]3OP=O)c(=O)[nH]2)cc1)C(C)C. The Morgan fingerprint density at radius 1 is 0.826 bits per heavy atom. The second kappa shape index (κ2) is 44.0. The van der Waals surface area contributed by atoms with Gasteiger partial charge in [0, 0.05) is 81.7 Å². The molecule has 5 heterocycles. The van der Waals surface area contributed by atoms with E-state index >= 15 is 0 Å². The number of unbranched alkanes of at least 4 members (excludes halogenated alkanes) is 1. The summed E-state index contributed by atoms with van der Waals surface area (Å²) in [4.78, 5) is 141. The van der Waals surface area contributed by atoms with E-state index in [1.807, 2.05) is 0 Å². The number of methoxy groups -OCH3 is 1. The van der Waals surface area contributed by atoms with Crippen molar-refractivity contribution in [1.29, 1.82) is 0 Å². The lowest BCUT2D eigenvalue weighted by Gasteiger charge is -2.26. The minimum atomic E-state index is -4.42. The van der Waals surface area contributed by atoms with E-state index in [0.717, 1.165) is 4.90 Å². The van der Waals surface area contributed by atoms with Crippen molar-refractivity contribution in [3.63, 3.8) is 0 Å². The summed E-state index contributed by atoms with van der Waals surface area (Å²) in [6, 6.07) is 10.8. The van der Waals surface area contributed by atoms with Crippen LogP contribution in [0.2, 0.25) is 0 Å². The summed E-state index contributed by atoms with van der Waals surface area (Å²) >= 11 is 8.33. The van der Waals surface area contributed by atoms with Gasteiger partial charge in [-0.15, -0.1) is 0 Å². The molecule has 1 saturated carbocycles. The molecule has 0 radical (unpaired) electrons. The van der Waals surface area contributed by atoms with E-state index in [0.29, 0.717) is 81.6 Å². The molecule has 1 saturated heterocycles. The van der Waals surface area contributed by atoms with Crippen molar-refractivity contribution in [2.75, 3.05) is 110 Å². The predicted molar refractivity (Wildman–Crippen MR) is 394 cm³/mol.